The van der Waals surface area contributed by atoms with Gasteiger partial charge in [-0.2, -0.15) is 0 Å². The second kappa shape index (κ2) is 6.76. The van der Waals surface area contributed by atoms with Gasteiger partial charge in [0.1, 0.15) is 0 Å². The maximum Gasteiger partial charge on any atom is 0.420 e. The zero-order valence-electron chi connectivity index (χ0n) is 12.8. The van der Waals surface area contributed by atoms with E-state index in [4.69, 9.17) is 16.0 Å². The number of rotatable bonds is 5. The van der Waals surface area contributed by atoms with Crippen LogP contribution in [0.5, 0.6) is 0 Å². The average Bonchev–Trinajstić information content (AvgIpc) is 2.89. The van der Waals surface area contributed by atoms with Crippen LogP contribution in [0.25, 0.3) is 11.1 Å². The third-order valence-corrected chi connectivity index (χ3v) is 3.86. The number of halogens is 1. The molecule has 6 heteroatoms. The second-order valence-corrected chi connectivity index (χ2v) is 5.70. The molecular formula is C18H15ClN2O3. The van der Waals surface area contributed by atoms with Crippen LogP contribution in [0.4, 0.5) is 0 Å². The van der Waals surface area contributed by atoms with Crippen LogP contribution in [0, 0.1) is 0 Å². The van der Waals surface area contributed by atoms with E-state index < -0.39 is 5.76 Å². The molecular weight excluding hydrogens is 328 g/mol. The Hall–Kier alpha value is -2.79. The Balaban J connectivity index is 1.81. The van der Waals surface area contributed by atoms with Crippen LogP contribution in [-0.4, -0.2) is 10.5 Å². The van der Waals surface area contributed by atoms with Gasteiger partial charge in [0, 0.05) is 23.7 Å². The molecule has 0 aliphatic heterocycles. The minimum absolute atomic E-state index is 0.231. The van der Waals surface area contributed by atoms with Gasteiger partial charge in [-0.05, 0) is 35.9 Å². The normalized spacial score (nSPS) is 10.7. The van der Waals surface area contributed by atoms with Crippen molar-refractivity contribution in [1.82, 2.24) is 9.88 Å². The van der Waals surface area contributed by atoms with Crippen LogP contribution in [0.15, 0.2) is 64.3 Å². The number of hydrogen-bond donors (Lipinski definition) is 1. The Morgan fingerprint density at radius 2 is 2.00 bits per heavy atom. The molecule has 3 aromatic rings. The van der Waals surface area contributed by atoms with Crippen LogP contribution < -0.4 is 11.1 Å². The van der Waals surface area contributed by atoms with Crippen molar-refractivity contribution >= 4 is 28.6 Å². The van der Waals surface area contributed by atoms with Crippen LogP contribution >= 0.6 is 11.6 Å². The first-order valence-corrected chi connectivity index (χ1v) is 7.73. The molecule has 0 saturated heterocycles. The number of allylic oxidation sites excluding steroid dienone is 1. The average molecular weight is 343 g/mol. The smallest absolute Gasteiger partial charge is 0.408 e. The molecule has 0 fully saturated rings. The van der Waals surface area contributed by atoms with E-state index in [0.717, 1.165) is 5.56 Å². The van der Waals surface area contributed by atoms with Crippen molar-refractivity contribution in [2.75, 3.05) is 0 Å². The van der Waals surface area contributed by atoms with Gasteiger partial charge in [0.25, 0.3) is 5.91 Å². The van der Waals surface area contributed by atoms with Crippen molar-refractivity contribution in [2.45, 2.75) is 13.1 Å². The summed E-state index contributed by atoms with van der Waals surface area (Å²) in [7, 11) is 0. The Labute approximate surface area is 143 Å². The number of amides is 1. The summed E-state index contributed by atoms with van der Waals surface area (Å²) in [5, 5.41) is 3.49. The van der Waals surface area contributed by atoms with Gasteiger partial charge >= 0.3 is 5.76 Å². The van der Waals surface area contributed by atoms with Gasteiger partial charge in [0.2, 0.25) is 0 Å². The molecule has 0 aliphatic rings. The SMILES string of the molecule is C=CCn1c(=O)oc2ccc(C(=O)NCc3ccc(Cl)cc3)cc21. The lowest BCUT2D eigenvalue weighted by molar-refractivity contribution is 0.0951. The van der Waals surface area contributed by atoms with Crippen LogP contribution in [-0.2, 0) is 13.1 Å². The molecule has 1 amide bonds. The number of benzene rings is 2. The van der Waals surface area contributed by atoms with Gasteiger partial charge in [-0.1, -0.05) is 29.8 Å². The molecule has 0 saturated carbocycles. The number of oxazole rings is 1. The number of nitrogens with zero attached hydrogens (tertiary/aromatic N) is 1. The monoisotopic (exact) mass is 342 g/mol. The van der Waals surface area contributed by atoms with Gasteiger partial charge in [-0.25, -0.2) is 4.79 Å². The van der Waals surface area contributed by atoms with E-state index in [-0.39, 0.29) is 5.91 Å². The number of carbonyl (C=O) groups excluding carboxylic acids is 1. The summed E-state index contributed by atoms with van der Waals surface area (Å²) in [5.41, 5.74) is 2.41. The topological polar surface area (TPSA) is 64.2 Å². The van der Waals surface area contributed by atoms with Crippen molar-refractivity contribution in [3.8, 4) is 0 Å². The first-order valence-electron chi connectivity index (χ1n) is 7.35. The number of aromatic nitrogens is 1. The van der Waals surface area contributed by atoms with Gasteiger partial charge in [0.15, 0.2) is 5.58 Å². The zero-order valence-corrected chi connectivity index (χ0v) is 13.5. The molecule has 1 heterocycles. The molecule has 2 aromatic carbocycles. The van der Waals surface area contributed by atoms with Crippen molar-refractivity contribution in [1.29, 1.82) is 0 Å². The summed E-state index contributed by atoms with van der Waals surface area (Å²) in [5.74, 6) is -0.700. The molecule has 0 spiro atoms. The minimum atomic E-state index is -0.469. The first-order chi connectivity index (χ1) is 11.6. The molecule has 0 atom stereocenters. The van der Waals surface area contributed by atoms with Crippen LogP contribution in [0.2, 0.25) is 5.02 Å². The van der Waals surface area contributed by atoms with Gasteiger partial charge in [0.05, 0.1) is 5.52 Å². The van der Waals surface area contributed by atoms with Crippen LogP contribution in [0.3, 0.4) is 0 Å². The molecule has 0 aliphatic carbocycles. The van der Waals surface area contributed by atoms with Crippen LogP contribution in [0.1, 0.15) is 15.9 Å². The summed E-state index contributed by atoms with van der Waals surface area (Å²) < 4.78 is 6.57. The molecule has 24 heavy (non-hydrogen) atoms. The standard InChI is InChI=1S/C18H15ClN2O3/c1-2-9-21-15-10-13(5-8-16(15)24-18(21)23)17(22)20-11-12-3-6-14(19)7-4-12/h2-8,10H,1,9,11H2,(H,20,22). The summed E-state index contributed by atoms with van der Waals surface area (Å²) in [4.78, 5) is 24.1. The molecule has 122 valence electrons. The van der Waals surface area contributed by atoms with Crippen molar-refractivity contribution in [2.24, 2.45) is 0 Å². The molecule has 0 bridgehead atoms. The molecule has 0 unspecified atom stereocenters. The van der Waals surface area contributed by atoms with Crippen molar-refractivity contribution in [3.05, 3.63) is 81.8 Å². The summed E-state index contributed by atoms with van der Waals surface area (Å²) in [6.45, 7) is 4.33. The van der Waals surface area contributed by atoms with E-state index in [0.29, 0.717) is 34.8 Å². The fraction of sp³-hybridized carbons (Fsp3) is 0.111. The number of fused-ring (bicyclic) bond motifs is 1. The lowest BCUT2D eigenvalue weighted by Gasteiger charge is -2.06. The lowest BCUT2D eigenvalue weighted by Crippen LogP contribution is -2.22. The fourth-order valence-corrected chi connectivity index (χ4v) is 2.52. The maximum absolute atomic E-state index is 12.3. The zero-order chi connectivity index (χ0) is 17.1. The highest BCUT2D eigenvalue weighted by Gasteiger charge is 2.12. The molecule has 5 nitrogen and oxygen atoms in total. The first kappa shape index (κ1) is 16.1. The molecule has 0 radical (unpaired) electrons. The highest BCUT2D eigenvalue weighted by molar-refractivity contribution is 6.30. The number of hydrogen-bond acceptors (Lipinski definition) is 3. The van der Waals surface area contributed by atoms with E-state index in [2.05, 4.69) is 11.9 Å². The maximum atomic E-state index is 12.3. The Morgan fingerprint density at radius 1 is 1.25 bits per heavy atom. The Kier molecular flexibility index (Phi) is 4.53. The van der Waals surface area contributed by atoms with E-state index >= 15 is 0 Å². The predicted molar refractivity (Wildman–Crippen MR) is 93.3 cm³/mol. The number of carbonyl (C=O) groups is 1. The van der Waals surface area contributed by atoms with E-state index in [1.54, 1.807) is 36.4 Å². The largest absolute Gasteiger partial charge is 0.420 e. The van der Waals surface area contributed by atoms with E-state index in [9.17, 15) is 9.59 Å². The third kappa shape index (κ3) is 3.26. The third-order valence-electron chi connectivity index (χ3n) is 3.61. The van der Waals surface area contributed by atoms with Crippen molar-refractivity contribution < 1.29 is 9.21 Å². The predicted octanol–water partition coefficient (Wildman–Crippen LogP) is 3.36. The van der Waals surface area contributed by atoms with Gasteiger partial charge < -0.3 is 9.73 Å². The Bertz CT molecular complexity index is 955. The Morgan fingerprint density at radius 3 is 2.71 bits per heavy atom. The van der Waals surface area contributed by atoms with Gasteiger partial charge in [-0.15, -0.1) is 6.58 Å². The minimum Gasteiger partial charge on any atom is -0.408 e. The van der Waals surface area contributed by atoms with Gasteiger partial charge in [-0.3, -0.25) is 9.36 Å². The van der Waals surface area contributed by atoms with Crippen molar-refractivity contribution in [3.63, 3.8) is 0 Å². The van der Waals surface area contributed by atoms with E-state index in [1.807, 2.05) is 12.1 Å². The number of nitrogens with one attached hydrogen (secondary N) is 1. The highest BCUT2D eigenvalue weighted by Crippen LogP contribution is 2.16. The van der Waals surface area contributed by atoms with E-state index in [1.165, 1.54) is 4.57 Å². The second-order valence-electron chi connectivity index (χ2n) is 5.26. The summed E-state index contributed by atoms with van der Waals surface area (Å²) in [6, 6.07) is 12.1. The fourth-order valence-electron chi connectivity index (χ4n) is 2.39. The quantitative estimate of drug-likeness (QED) is 0.723. The molecule has 1 aromatic heterocycles. The molecule has 3 rings (SSSR count). The molecule has 1 N–H and O–H groups in total. The lowest BCUT2D eigenvalue weighted by atomic mass is 10.1. The summed E-state index contributed by atoms with van der Waals surface area (Å²) >= 11 is 5.84. The highest BCUT2D eigenvalue weighted by atomic mass is 35.5. The summed E-state index contributed by atoms with van der Waals surface area (Å²) in [6.07, 6.45) is 1.60.